The van der Waals surface area contributed by atoms with Gasteiger partial charge in [0.2, 0.25) is 0 Å². The van der Waals surface area contributed by atoms with Gasteiger partial charge in [0.15, 0.2) is 0 Å². The van der Waals surface area contributed by atoms with Crippen LogP contribution in [0, 0.1) is 5.92 Å². The standard InChI is InChI=1S/C12H20BrNS/c1-4-6-14-11(8-9(2)3)12-10(13)5-7-15-12/h5,7,9,11,14H,4,6,8H2,1-3H3. The Morgan fingerprint density at radius 2 is 2.20 bits per heavy atom. The molecule has 1 rings (SSSR count). The Kier molecular flexibility index (Phi) is 5.87. The number of hydrogen-bond donors (Lipinski definition) is 1. The van der Waals surface area contributed by atoms with E-state index in [1.54, 1.807) is 0 Å². The molecule has 3 heteroatoms. The normalized spacial score (nSPS) is 13.4. The molecule has 0 aromatic carbocycles. The van der Waals surface area contributed by atoms with Crippen LogP contribution in [0.5, 0.6) is 0 Å². The van der Waals surface area contributed by atoms with Crippen LogP contribution in [0.1, 0.15) is 44.5 Å². The van der Waals surface area contributed by atoms with Gasteiger partial charge in [-0.3, -0.25) is 0 Å². The third-order valence-corrected chi connectivity index (χ3v) is 4.29. The minimum absolute atomic E-state index is 0.513. The molecule has 1 aromatic rings. The summed E-state index contributed by atoms with van der Waals surface area (Å²) in [5, 5.41) is 5.78. The van der Waals surface area contributed by atoms with Crippen LogP contribution in [-0.2, 0) is 0 Å². The first-order chi connectivity index (χ1) is 7.15. The van der Waals surface area contributed by atoms with Crippen molar-refractivity contribution in [2.24, 2.45) is 5.92 Å². The fourth-order valence-corrected chi connectivity index (χ4v) is 3.37. The number of hydrogen-bond acceptors (Lipinski definition) is 2. The summed E-state index contributed by atoms with van der Waals surface area (Å²) in [6.07, 6.45) is 2.40. The van der Waals surface area contributed by atoms with E-state index in [2.05, 4.69) is 53.5 Å². The summed E-state index contributed by atoms with van der Waals surface area (Å²) in [6, 6.07) is 2.65. The van der Waals surface area contributed by atoms with E-state index in [0.29, 0.717) is 6.04 Å². The van der Waals surface area contributed by atoms with Gasteiger partial charge in [-0.2, -0.15) is 0 Å². The molecule has 1 unspecified atom stereocenters. The van der Waals surface area contributed by atoms with Crippen LogP contribution in [0.2, 0.25) is 0 Å². The van der Waals surface area contributed by atoms with Gasteiger partial charge in [-0.1, -0.05) is 20.8 Å². The molecular formula is C12H20BrNS. The fraction of sp³-hybridized carbons (Fsp3) is 0.667. The van der Waals surface area contributed by atoms with Gasteiger partial charge in [-0.05, 0) is 52.7 Å². The first-order valence-electron chi connectivity index (χ1n) is 5.61. The van der Waals surface area contributed by atoms with Crippen LogP contribution < -0.4 is 5.32 Å². The Balaban J connectivity index is 2.67. The third-order valence-electron chi connectivity index (χ3n) is 2.31. The van der Waals surface area contributed by atoms with Crippen molar-refractivity contribution in [1.82, 2.24) is 5.32 Å². The van der Waals surface area contributed by atoms with Gasteiger partial charge in [0.1, 0.15) is 0 Å². The van der Waals surface area contributed by atoms with Gasteiger partial charge >= 0.3 is 0 Å². The lowest BCUT2D eigenvalue weighted by Gasteiger charge is -2.19. The van der Waals surface area contributed by atoms with Gasteiger partial charge < -0.3 is 5.32 Å². The minimum Gasteiger partial charge on any atom is -0.309 e. The Morgan fingerprint density at radius 1 is 1.47 bits per heavy atom. The van der Waals surface area contributed by atoms with Gasteiger partial charge in [0.05, 0.1) is 0 Å². The van der Waals surface area contributed by atoms with E-state index < -0.39 is 0 Å². The molecule has 86 valence electrons. The number of nitrogens with one attached hydrogen (secondary N) is 1. The molecular weight excluding hydrogens is 270 g/mol. The van der Waals surface area contributed by atoms with Crippen molar-refractivity contribution in [2.75, 3.05) is 6.54 Å². The first kappa shape index (κ1) is 13.2. The van der Waals surface area contributed by atoms with E-state index in [0.717, 1.165) is 12.5 Å². The quantitative estimate of drug-likeness (QED) is 0.807. The van der Waals surface area contributed by atoms with Gasteiger partial charge in [0.25, 0.3) is 0 Å². The highest BCUT2D eigenvalue weighted by molar-refractivity contribution is 9.10. The zero-order valence-electron chi connectivity index (χ0n) is 9.72. The van der Waals surface area contributed by atoms with Crippen molar-refractivity contribution in [3.8, 4) is 0 Å². The van der Waals surface area contributed by atoms with Crippen LogP contribution in [0.3, 0.4) is 0 Å². The van der Waals surface area contributed by atoms with Gasteiger partial charge in [0, 0.05) is 15.4 Å². The minimum atomic E-state index is 0.513. The second-order valence-corrected chi connectivity index (χ2v) is 6.07. The molecule has 0 saturated carbocycles. The summed E-state index contributed by atoms with van der Waals surface area (Å²) in [7, 11) is 0. The lowest BCUT2D eigenvalue weighted by Crippen LogP contribution is -2.23. The monoisotopic (exact) mass is 289 g/mol. The number of halogens is 1. The molecule has 0 aliphatic carbocycles. The molecule has 0 spiro atoms. The zero-order valence-corrected chi connectivity index (χ0v) is 12.1. The smallest absolute Gasteiger partial charge is 0.0428 e. The van der Waals surface area contributed by atoms with Crippen molar-refractivity contribution in [3.05, 3.63) is 20.8 Å². The molecule has 1 heterocycles. The van der Waals surface area contributed by atoms with E-state index in [1.807, 2.05) is 11.3 Å². The molecule has 15 heavy (non-hydrogen) atoms. The van der Waals surface area contributed by atoms with Crippen LogP contribution in [0.15, 0.2) is 15.9 Å². The lowest BCUT2D eigenvalue weighted by atomic mass is 10.0. The zero-order chi connectivity index (χ0) is 11.3. The van der Waals surface area contributed by atoms with Crippen molar-refractivity contribution in [2.45, 2.75) is 39.7 Å². The SMILES string of the molecule is CCCNC(CC(C)C)c1sccc1Br. The largest absolute Gasteiger partial charge is 0.309 e. The predicted molar refractivity (Wildman–Crippen MR) is 72.5 cm³/mol. The number of thiophene rings is 1. The highest BCUT2D eigenvalue weighted by Crippen LogP contribution is 2.32. The van der Waals surface area contributed by atoms with Crippen LogP contribution in [0.25, 0.3) is 0 Å². The molecule has 1 nitrogen and oxygen atoms in total. The molecule has 1 N–H and O–H groups in total. The van der Waals surface area contributed by atoms with Crippen molar-refractivity contribution in [3.63, 3.8) is 0 Å². The molecule has 0 fully saturated rings. The van der Waals surface area contributed by atoms with E-state index >= 15 is 0 Å². The molecule has 0 aliphatic heterocycles. The summed E-state index contributed by atoms with van der Waals surface area (Å²) >= 11 is 5.46. The first-order valence-corrected chi connectivity index (χ1v) is 7.28. The summed E-state index contributed by atoms with van der Waals surface area (Å²) in [5.41, 5.74) is 0. The molecule has 1 aromatic heterocycles. The molecule has 0 bridgehead atoms. The third kappa shape index (κ3) is 4.25. The molecule has 0 radical (unpaired) electrons. The Morgan fingerprint density at radius 3 is 2.67 bits per heavy atom. The maximum Gasteiger partial charge on any atom is 0.0428 e. The van der Waals surface area contributed by atoms with E-state index in [4.69, 9.17) is 0 Å². The van der Waals surface area contributed by atoms with Crippen molar-refractivity contribution in [1.29, 1.82) is 0 Å². The summed E-state index contributed by atoms with van der Waals surface area (Å²) < 4.78 is 1.25. The maximum atomic E-state index is 3.62. The lowest BCUT2D eigenvalue weighted by molar-refractivity contribution is 0.434. The van der Waals surface area contributed by atoms with E-state index in [-0.39, 0.29) is 0 Å². The second kappa shape index (κ2) is 6.66. The van der Waals surface area contributed by atoms with Crippen molar-refractivity contribution < 1.29 is 0 Å². The van der Waals surface area contributed by atoms with Crippen LogP contribution in [-0.4, -0.2) is 6.54 Å². The Bertz CT molecular complexity index is 283. The molecule has 0 aliphatic rings. The van der Waals surface area contributed by atoms with Crippen molar-refractivity contribution >= 4 is 27.3 Å². The average molecular weight is 290 g/mol. The highest BCUT2D eigenvalue weighted by Gasteiger charge is 2.16. The van der Waals surface area contributed by atoms with Crippen LogP contribution >= 0.6 is 27.3 Å². The predicted octanol–water partition coefficient (Wildman–Crippen LogP) is 4.60. The van der Waals surface area contributed by atoms with Gasteiger partial charge in [-0.25, -0.2) is 0 Å². The molecule has 0 amide bonds. The Hall–Kier alpha value is 0.140. The van der Waals surface area contributed by atoms with E-state index in [9.17, 15) is 0 Å². The van der Waals surface area contributed by atoms with E-state index in [1.165, 1.54) is 22.2 Å². The molecule has 1 atom stereocenters. The summed E-state index contributed by atoms with van der Waals surface area (Å²) in [4.78, 5) is 1.44. The summed E-state index contributed by atoms with van der Waals surface area (Å²) in [6.45, 7) is 7.87. The number of rotatable bonds is 6. The fourth-order valence-electron chi connectivity index (χ4n) is 1.63. The average Bonchev–Trinajstić information content (AvgIpc) is 2.58. The topological polar surface area (TPSA) is 12.0 Å². The summed E-state index contributed by atoms with van der Waals surface area (Å²) in [5.74, 6) is 0.730. The molecule has 0 saturated heterocycles. The maximum absolute atomic E-state index is 3.62. The Labute approximate surface area is 105 Å². The highest BCUT2D eigenvalue weighted by atomic mass is 79.9. The second-order valence-electron chi connectivity index (χ2n) is 4.27. The van der Waals surface area contributed by atoms with Gasteiger partial charge in [-0.15, -0.1) is 11.3 Å². The van der Waals surface area contributed by atoms with Crippen LogP contribution in [0.4, 0.5) is 0 Å².